The minimum atomic E-state index is -0.752. The van der Waals surface area contributed by atoms with E-state index in [2.05, 4.69) is 31.0 Å². The Morgan fingerprint density at radius 1 is 1.36 bits per heavy atom. The van der Waals surface area contributed by atoms with Gasteiger partial charge in [0.2, 0.25) is 0 Å². The van der Waals surface area contributed by atoms with Gasteiger partial charge in [0.05, 0.1) is 12.2 Å². The quantitative estimate of drug-likeness (QED) is 0.827. The Morgan fingerprint density at radius 3 is 2.55 bits per heavy atom. The van der Waals surface area contributed by atoms with Gasteiger partial charge in [-0.1, -0.05) is 20.8 Å². The zero-order valence-corrected chi connectivity index (χ0v) is 14.5. The first kappa shape index (κ1) is 17.7. The van der Waals surface area contributed by atoms with Gasteiger partial charge in [-0.05, 0) is 44.1 Å². The number of rotatable bonds is 3. The van der Waals surface area contributed by atoms with Crippen LogP contribution in [0.5, 0.6) is 0 Å². The molecule has 0 radical (unpaired) electrons. The molecule has 22 heavy (non-hydrogen) atoms. The second-order valence-corrected chi connectivity index (χ2v) is 8.20. The molecular formula is C17H32N2O3. The summed E-state index contributed by atoms with van der Waals surface area (Å²) in [7, 11) is 1.99. The molecule has 0 aromatic carbocycles. The van der Waals surface area contributed by atoms with Crippen molar-refractivity contribution < 1.29 is 14.6 Å². The minimum Gasteiger partial charge on any atom is -0.388 e. The first-order valence-corrected chi connectivity index (χ1v) is 8.50. The van der Waals surface area contributed by atoms with Crippen molar-refractivity contribution in [2.75, 3.05) is 33.3 Å². The van der Waals surface area contributed by atoms with Crippen molar-refractivity contribution in [3.05, 3.63) is 0 Å². The number of carbonyl (C=O) groups excluding carboxylic acids is 1. The Bertz CT molecular complexity index is 384. The molecule has 2 fully saturated rings. The summed E-state index contributed by atoms with van der Waals surface area (Å²) < 4.78 is 5.51. The molecule has 1 amide bonds. The summed E-state index contributed by atoms with van der Waals surface area (Å²) in [6.45, 7) is 9.21. The second-order valence-electron chi connectivity index (χ2n) is 8.20. The lowest BCUT2D eigenvalue weighted by atomic mass is 9.68. The number of carbonyl (C=O) groups is 1. The number of amides is 1. The number of hydrogen-bond donors (Lipinski definition) is 2. The van der Waals surface area contributed by atoms with Gasteiger partial charge in [-0.15, -0.1) is 0 Å². The SMILES string of the molecule is CN1CCOC(C(=O)NCC2(O)CCC(C(C)(C)C)CC2)C1. The fourth-order valence-electron chi connectivity index (χ4n) is 3.50. The molecule has 1 heterocycles. The summed E-state index contributed by atoms with van der Waals surface area (Å²) >= 11 is 0. The van der Waals surface area contributed by atoms with Crippen LogP contribution in [0, 0.1) is 11.3 Å². The molecule has 0 spiro atoms. The molecule has 1 unspecified atom stereocenters. The Hall–Kier alpha value is -0.650. The third kappa shape index (κ3) is 4.67. The summed E-state index contributed by atoms with van der Waals surface area (Å²) in [6.07, 6.45) is 3.17. The number of ether oxygens (including phenoxy) is 1. The number of nitrogens with one attached hydrogen (secondary N) is 1. The van der Waals surface area contributed by atoms with Crippen LogP contribution >= 0.6 is 0 Å². The highest BCUT2D eigenvalue weighted by molar-refractivity contribution is 5.81. The van der Waals surface area contributed by atoms with Gasteiger partial charge >= 0.3 is 0 Å². The molecule has 128 valence electrons. The predicted octanol–water partition coefficient (Wildman–Crippen LogP) is 1.40. The van der Waals surface area contributed by atoms with Crippen molar-refractivity contribution in [1.82, 2.24) is 10.2 Å². The highest BCUT2D eigenvalue weighted by atomic mass is 16.5. The maximum absolute atomic E-state index is 12.2. The Kier molecular flexibility index (Phi) is 5.51. The summed E-state index contributed by atoms with van der Waals surface area (Å²) in [5.41, 5.74) is -0.455. The van der Waals surface area contributed by atoms with E-state index in [1.54, 1.807) is 0 Å². The predicted molar refractivity (Wildman–Crippen MR) is 86.6 cm³/mol. The third-order valence-electron chi connectivity index (χ3n) is 5.29. The molecule has 1 aliphatic heterocycles. The Morgan fingerprint density at radius 2 is 2.00 bits per heavy atom. The van der Waals surface area contributed by atoms with Gasteiger partial charge in [0, 0.05) is 19.6 Å². The second kappa shape index (κ2) is 6.85. The van der Waals surface area contributed by atoms with E-state index in [1.165, 1.54) is 0 Å². The van der Waals surface area contributed by atoms with E-state index in [1.807, 2.05) is 7.05 Å². The molecule has 2 N–H and O–H groups in total. The summed E-state index contributed by atoms with van der Waals surface area (Å²) in [5.74, 6) is 0.553. The molecule has 1 saturated heterocycles. The number of hydrogen-bond acceptors (Lipinski definition) is 4. The molecular weight excluding hydrogens is 280 g/mol. The first-order valence-electron chi connectivity index (χ1n) is 8.50. The normalized spacial score (nSPS) is 34.4. The van der Waals surface area contributed by atoms with Gasteiger partial charge in [0.15, 0.2) is 0 Å². The van der Waals surface area contributed by atoms with E-state index in [0.29, 0.717) is 31.0 Å². The van der Waals surface area contributed by atoms with Crippen molar-refractivity contribution in [1.29, 1.82) is 0 Å². The van der Waals surface area contributed by atoms with Crippen LogP contribution in [-0.4, -0.2) is 60.9 Å². The fraction of sp³-hybridized carbons (Fsp3) is 0.941. The highest BCUT2D eigenvalue weighted by Crippen LogP contribution is 2.41. The van der Waals surface area contributed by atoms with Gasteiger partial charge in [0.1, 0.15) is 6.10 Å². The fourth-order valence-corrected chi connectivity index (χ4v) is 3.50. The lowest BCUT2D eigenvalue weighted by Gasteiger charge is -2.41. The molecule has 1 atom stereocenters. The van der Waals surface area contributed by atoms with E-state index in [0.717, 1.165) is 32.2 Å². The van der Waals surface area contributed by atoms with Gasteiger partial charge in [-0.2, -0.15) is 0 Å². The largest absolute Gasteiger partial charge is 0.388 e. The van der Waals surface area contributed by atoms with Gasteiger partial charge in [0.25, 0.3) is 5.91 Å². The number of morpholine rings is 1. The summed E-state index contributed by atoms with van der Waals surface area (Å²) in [6, 6.07) is 0. The van der Waals surface area contributed by atoms with Crippen molar-refractivity contribution >= 4 is 5.91 Å². The van der Waals surface area contributed by atoms with Crippen LogP contribution in [0.2, 0.25) is 0 Å². The maximum atomic E-state index is 12.2. The van der Waals surface area contributed by atoms with E-state index in [-0.39, 0.29) is 5.91 Å². The maximum Gasteiger partial charge on any atom is 0.250 e. The zero-order valence-electron chi connectivity index (χ0n) is 14.5. The molecule has 5 heteroatoms. The molecule has 2 aliphatic rings. The molecule has 2 rings (SSSR count). The van der Waals surface area contributed by atoms with Crippen molar-refractivity contribution in [2.24, 2.45) is 11.3 Å². The van der Waals surface area contributed by atoms with Crippen LogP contribution in [0.4, 0.5) is 0 Å². The average molecular weight is 312 g/mol. The number of aliphatic hydroxyl groups is 1. The van der Waals surface area contributed by atoms with Crippen molar-refractivity contribution in [3.63, 3.8) is 0 Å². The first-order chi connectivity index (χ1) is 10.2. The third-order valence-corrected chi connectivity index (χ3v) is 5.29. The van der Waals surface area contributed by atoms with Gasteiger partial charge in [-0.25, -0.2) is 0 Å². The minimum absolute atomic E-state index is 0.0991. The van der Waals surface area contributed by atoms with E-state index in [4.69, 9.17) is 4.74 Å². The topological polar surface area (TPSA) is 61.8 Å². The van der Waals surface area contributed by atoms with Crippen LogP contribution in [0.25, 0.3) is 0 Å². The Balaban J connectivity index is 1.78. The number of nitrogens with zero attached hydrogens (tertiary/aromatic N) is 1. The molecule has 1 aliphatic carbocycles. The van der Waals surface area contributed by atoms with Crippen molar-refractivity contribution in [2.45, 2.75) is 58.2 Å². The summed E-state index contributed by atoms with van der Waals surface area (Å²) in [5, 5.41) is 13.6. The smallest absolute Gasteiger partial charge is 0.250 e. The molecule has 5 nitrogen and oxygen atoms in total. The molecule has 0 aromatic heterocycles. The van der Waals surface area contributed by atoms with Crippen molar-refractivity contribution in [3.8, 4) is 0 Å². The van der Waals surface area contributed by atoms with Crippen LogP contribution in [0.3, 0.4) is 0 Å². The van der Waals surface area contributed by atoms with Crippen LogP contribution in [0.1, 0.15) is 46.5 Å². The van der Waals surface area contributed by atoms with E-state index >= 15 is 0 Å². The van der Waals surface area contributed by atoms with Gasteiger partial charge in [-0.3, -0.25) is 4.79 Å². The zero-order chi connectivity index (χ0) is 16.4. The van der Waals surface area contributed by atoms with Crippen LogP contribution in [-0.2, 0) is 9.53 Å². The molecule has 0 aromatic rings. The lowest BCUT2D eigenvalue weighted by Crippen LogP contribution is -2.52. The average Bonchev–Trinajstić information content (AvgIpc) is 2.44. The van der Waals surface area contributed by atoms with Crippen LogP contribution < -0.4 is 5.32 Å². The molecule has 1 saturated carbocycles. The van der Waals surface area contributed by atoms with Crippen LogP contribution in [0.15, 0.2) is 0 Å². The summed E-state index contributed by atoms with van der Waals surface area (Å²) in [4.78, 5) is 14.3. The molecule has 0 bridgehead atoms. The highest BCUT2D eigenvalue weighted by Gasteiger charge is 2.38. The monoisotopic (exact) mass is 312 g/mol. The Labute approximate surface area is 134 Å². The number of likely N-dealkylation sites (N-methyl/N-ethyl adjacent to an activating group) is 1. The van der Waals surface area contributed by atoms with E-state index in [9.17, 15) is 9.90 Å². The van der Waals surface area contributed by atoms with E-state index < -0.39 is 11.7 Å². The lowest BCUT2D eigenvalue weighted by molar-refractivity contribution is -0.139. The van der Waals surface area contributed by atoms with Gasteiger partial charge < -0.3 is 20.1 Å². The standard InChI is InChI=1S/C17H32N2O3/c1-16(2,3)13-5-7-17(21,8-6-13)12-18-15(20)14-11-19(4)9-10-22-14/h13-14,21H,5-12H2,1-4H3,(H,18,20).